The van der Waals surface area contributed by atoms with Gasteiger partial charge in [0.2, 0.25) is 22.4 Å². The van der Waals surface area contributed by atoms with Gasteiger partial charge in [-0.3, -0.25) is 0 Å². The van der Waals surface area contributed by atoms with Crippen LogP contribution in [0.2, 0.25) is 10.6 Å². The molecule has 0 aliphatic rings. The molecule has 2 aromatic heterocycles. The molecule has 2 heterocycles. The van der Waals surface area contributed by atoms with Crippen LogP contribution in [0.25, 0.3) is 22.6 Å². The lowest BCUT2D eigenvalue weighted by atomic mass is 10.1. The van der Waals surface area contributed by atoms with Gasteiger partial charge in [-0.1, -0.05) is 12.1 Å². The molecule has 0 saturated heterocycles. The number of aromatic hydroxyl groups is 1. The van der Waals surface area contributed by atoms with Crippen molar-refractivity contribution in [2.75, 3.05) is 5.32 Å². The summed E-state index contributed by atoms with van der Waals surface area (Å²) < 4.78 is 5.70. The van der Waals surface area contributed by atoms with Gasteiger partial charge in [0.1, 0.15) is 11.3 Å². The Morgan fingerprint density at radius 3 is 2.44 bits per heavy atom. The van der Waals surface area contributed by atoms with Crippen LogP contribution in [-0.2, 0) is 0 Å². The molecular weight excluding hydrogens is 365 g/mol. The molecule has 2 aromatic carbocycles. The largest absolute Gasteiger partial charge is 0.507 e. The number of nitrogens with one attached hydrogen (secondary N) is 1. The Morgan fingerprint density at radius 2 is 1.68 bits per heavy atom. The van der Waals surface area contributed by atoms with Gasteiger partial charge in [-0.2, -0.15) is 15.0 Å². The van der Waals surface area contributed by atoms with E-state index in [9.17, 15) is 5.11 Å². The van der Waals surface area contributed by atoms with Gasteiger partial charge in [0, 0.05) is 5.69 Å². The highest BCUT2D eigenvalue weighted by Crippen LogP contribution is 2.33. The molecule has 25 heavy (non-hydrogen) atoms. The molecule has 0 unspecified atom stereocenters. The summed E-state index contributed by atoms with van der Waals surface area (Å²) in [6.45, 7) is 0. The molecule has 0 saturated carbocycles. The van der Waals surface area contributed by atoms with Crippen molar-refractivity contribution in [2.45, 2.75) is 0 Å². The van der Waals surface area contributed by atoms with E-state index in [1.54, 1.807) is 18.2 Å². The Morgan fingerprint density at radius 1 is 0.920 bits per heavy atom. The van der Waals surface area contributed by atoms with E-state index in [2.05, 4.69) is 25.3 Å². The van der Waals surface area contributed by atoms with E-state index in [4.69, 9.17) is 27.6 Å². The SMILES string of the molecule is Oc1ccc(Nc2nc(Cl)nc(Cl)n2)cc1-c1nc2ccccc2o1. The summed E-state index contributed by atoms with van der Waals surface area (Å²) in [5.41, 5.74) is 2.35. The molecular formula is C16H9Cl2N5O2. The fourth-order valence-electron chi connectivity index (χ4n) is 2.28. The quantitative estimate of drug-likeness (QED) is 0.512. The second-order valence-electron chi connectivity index (χ2n) is 5.04. The number of benzene rings is 2. The van der Waals surface area contributed by atoms with Crippen LogP contribution in [0.1, 0.15) is 0 Å². The minimum atomic E-state index is -0.0274. The van der Waals surface area contributed by atoms with Crippen molar-refractivity contribution in [3.63, 3.8) is 0 Å². The Labute approximate surface area is 151 Å². The van der Waals surface area contributed by atoms with Crippen LogP contribution in [0.4, 0.5) is 11.6 Å². The molecule has 0 aliphatic heterocycles. The van der Waals surface area contributed by atoms with Crippen LogP contribution in [0.15, 0.2) is 46.9 Å². The van der Waals surface area contributed by atoms with Crippen molar-refractivity contribution in [3.8, 4) is 17.2 Å². The van der Waals surface area contributed by atoms with Crippen LogP contribution in [0.5, 0.6) is 5.75 Å². The third-order valence-electron chi connectivity index (χ3n) is 3.36. The Bertz CT molecular complexity index is 1030. The van der Waals surface area contributed by atoms with Gasteiger partial charge in [-0.25, -0.2) is 4.98 Å². The number of fused-ring (bicyclic) bond motifs is 1. The Hall–Kier alpha value is -2.90. The van der Waals surface area contributed by atoms with E-state index in [1.807, 2.05) is 18.2 Å². The summed E-state index contributed by atoms with van der Waals surface area (Å²) in [5, 5.41) is 13.0. The number of phenols is 1. The zero-order valence-corrected chi connectivity index (χ0v) is 14.0. The zero-order chi connectivity index (χ0) is 17.4. The molecule has 0 fully saturated rings. The normalized spacial score (nSPS) is 11.0. The summed E-state index contributed by atoms with van der Waals surface area (Å²) in [7, 11) is 0. The summed E-state index contributed by atoms with van der Waals surface area (Å²) >= 11 is 11.5. The smallest absolute Gasteiger partial charge is 0.232 e. The number of hydrogen-bond donors (Lipinski definition) is 2. The first-order chi connectivity index (χ1) is 12.1. The number of para-hydroxylation sites is 2. The minimum Gasteiger partial charge on any atom is -0.507 e. The molecule has 4 rings (SSSR count). The summed E-state index contributed by atoms with van der Waals surface area (Å²) in [6, 6.07) is 12.2. The average Bonchev–Trinajstić information content (AvgIpc) is 2.99. The molecule has 9 heteroatoms. The first kappa shape index (κ1) is 15.6. The fourth-order valence-corrected chi connectivity index (χ4v) is 2.65. The molecule has 0 spiro atoms. The highest BCUT2D eigenvalue weighted by molar-refractivity contribution is 6.31. The van der Waals surface area contributed by atoms with E-state index in [1.165, 1.54) is 6.07 Å². The summed E-state index contributed by atoms with van der Waals surface area (Å²) in [6.07, 6.45) is 0. The number of rotatable bonds is 3. The summed E-state index contributed by atoms with van der Waals surface area (Å²) in [5.74, 6) is 0.511. The average molecular weight is 374 g/mol. The van der Waals surface area contributed by atoms with Gasteiger partial charge in [-0.15, -0.1) is 0 Å². The monoisotopic (exact) mass is 373 g/mol. The van der Waals surface area contributed by atoms with Gasteiger partial charge in [0.05, 0.1) is 5.56 Å². The van der Waals surface area contributed by atoms with E-state index in [-0.39, 0.29) is 22.3 Å². The van der Waals surface area contributed by atoms with Crippen molar-refractivity contribution in [1.82, 2.24) is 19.9 Å². The third-order valence-corrected chi connectivity index (χ3v) is 3.70. The molecule has 0 amide bonds. The van der Waals surface area contributed by atoms with E-state index < -0.39 is 0 Å². The summed E-state index contributed by atoms with van der Waals surface area (Å²) in [4.78, 5) is 15.9. The van der Waals surface area contributed by atoms with Crippen LogP contribution < -0.4 is 5.32 Å². The van der Waals surface area contributed by atoms with Gasteiger partial charge >= 0.3 is 0 Å². The van der Waals surface area contributed by atoms with E-state index in [0.29, 0.717) is 28.2 Å². The Balaban J connectivity index is 1.73. The maximum absolute atomic E-state index is 10.2. The molecule has 2 N–H and O–H groups in total. The minimum absolute atomic E-state index is 0.0274. The van der Waals surface area contributed by atoms with Gasteiger partial charge < -0.3 is 14.8 Å². The van der Waals surface area contributed by atoms with Crippen LogP contribution >= 0.6 is 23.2 Å². The fraction of sp³-hybridized carbons (Fsp3) is 0. The van der Waals surface area contributed by atoms with Crippen molar-refractivity contribution in [3.05, 3.63) is 53.0 Å². The predicted octanol–water partition coefficient (Wildman–Crippen LogP) is 4.44. The maximum Gasteiger partial charge on any atom is 0.232 e. The first-order valence-corrected chi connectivity index (χ1v) is 7.87. The maximum atomic E-state index is 10.2. The number of phenolic OH excluding ortho intramolecular Hbond substituents is 1. The molecule has 4 aromatic rings. The highest BCUT2D eigenvalue weighted by Gasteiger charge is 2.13. The molecule has 7 nitrogen and oxygen atoms in total. The third kappa shape index (κ3) is 3.19. The lowest BCUT2D eigenvalue weighted by Crippen LogP contribution is -1.99. The van der Waals surface area contributed by atoms with E-state index in [0.717, 1.165) is 0 Å². The van der Waals surface area contributed by atoms with Crippen molar-refractivity contribution in [2.24, 2.45) is 0 Å². The second kappa shape index (κ2) is 6.19. The van der Waals surface area contributed by atoms with Crippen molar-refractivity contribution < 1.29 is 9.52 Å². The number of oxazole rings is 1. The standard InChI is InChI=1S/C16H9Cl2N5O2/c17-14-21-15(18)23-16(22-14)19-8-5-6-11(24)9(7-8)13-20-10-3-1-2-4-12(10)25-13/h1-7,24H,(H,19,21,22,23). The van der Waals surface area contributed by atoms with Crippen LogP contribution in [0, 0.1) is 0 Å². The second-order valence-corrected chi connectivity index (χ2v) is 5.72. The van der Waals surface area contributed by atoms with Crippen LogP contribution in [-0.4, -0.2) is 25.0 Å². The number of anilines is 2. The number of hydrogen-bond acceptors (Lipinski definition) is 7. The number of nitrogens with zero attached hydrogens (tertiary/aromatic N) is 4. The highest BCUT2D eigenvalue weighted by atomic mass is 35.5. The van der Waals surface area contributed by atoms with Crippen LogP contribution in [0.3, 0.4) is 0 Å². The predicted molar refractivity (Wildman–Crippen MR) is 94.2 cm³/mol. The van der Waals surface area contributed by atoms with Crippen molar-refractivity contribution in [1.29, 1.82) is 0 Å². The topological polar surface area (TPSA) is 97.0 Å². The Kier molecular flexibility index (Phi) is 3.87. The molecule has 124 valence electrons. The molecule has 0 radical (unpaired) electrons. The zero-order valence-electron chi connectivity index (χ0n) is 12.4. The molecule has 0 aliphatic carbocycles. The van der Waals surface area contributed by atoms with Gasteiger partial charge in [-0.05, 0) is 53.5 Å². The van der Waals surface area contributed by atoms with E-state index >= 15 is 0 Å². The molecule has 0 bridgehead atoms. The molecule has 0 atom stereocenters. The lowest BCUT2D eigenvalue weighted by molar-refractivity contribution is 0.474. The number of aromatic nitrogens is 4. The van der Waals surface area contributed by atoms with Gasteiger partial charge in [0.15, 0.2) is 5.58 Å². The van der Waals surface area contributed by atoms with Gasteiger partial charge in [0.25, 0.3) is 0 Å². The first-order valence-electron chi connectivity index (χ1n) is 7.11. The number of halogens is 2. The lowest BCUT2D eigenvalue weighted by Gasteiger charge is -2.07. The van der Waals surface area contributed by atoms with Crippen molar-refractivity contribution >= 4 is 45.9 Å².